The Morgan fingerprint density at radius 3 is 2.56 bits per heavy atom. The smallest absolute Gasteiger partial charge is 0.409 e. The van der Waals surface area contributed by atoms with E-state index in [0.29, 0.717) is 25.4 Å². The standard InChI is InChI=1S/C25H33FN6O4/c26-19-4-6-20(7-5-19)29-22-21(16-27)23(33)32(18-28-22)17-25(35)8-13-31(14-9-25)24(34)36-15-3-12-30-10-1-2-11-30/h4-7,16,18,27,29,35H,1-3,8-15,17H2. The van der Waals surface area contributed by atoms with Crippen LogP contribution >= 0.6 is 0 Å². The number of hydrogen-bond donors (Lipinski definition) is 3. The zero-order chi connectivity index (χ0) is 25.5. The minimum absolute atomic E-state index is 0.00474. The number of rotatable bonds is 9. The van der Waals surface area contributed by atoms with Gasteiger partial charge in [0.1, 0.15) is 17.2 Å². The van der Waals surface area contributed by atoms with Gasteiger partial charge < -0.3 is 30.4 Å². The topological polar surface area (TPSA) is 124 Å². The van der Waals surface area contributed by atoms with Gasteiger partial charge in [0.05, 0.1) is 25.1 Å². The molecule has 0 unspecified atom stereocenters. The molecule has 0 saturated carbocycles. The molecule has 0 aliphatic carbocycles. The van der Waals surface area contributed by atoms with Crippen LogP contribution in [0.3, 0.4) is 0 Å². The highest BCUT2D eigenvalue weighted by atomic mass is 19.1. The number of aliphatic hydroxyl groups is 1. The highest BCUT2D eigenvalue weighted by molar-refractivity contribution is 5.85. The Labute approximate surface area is 209 Å². The quantitative estimate of drug-likeness (QED) is 0.357. The second kappa shape index (κ2) is 11.6. The van der Waals surface area contributed by atoms with Crippen LogP contribution in [0.2, 0.25) is 0 Å². The molecule has 4 rings (SSSR count). The van der Waals surface area contributed by atoms with Gasteiger partial charge in [-0.05, 0) is 69.5 Å². The van der Waals surface area contributed by atoms with Gasteiger partial charge in [-0.15, -0.1) is 0 Å². The molecule has 36 heavy (non-hydrogen) atoms. The van der Waals surface area contributed by atoms with E-state index in [1.54, 1.807) is 4.90 Å². The fraction of sp³-hybridized carbons (Fsp3) is 0.520. The van der Waals surface area contributed by atoms with Crippen molar-refractivity contribution in [2.45, 2.75) is 44.2 Å². The third kappa shape index (κ3) is 6.46. The molecule has 2 saturated heterocycles. The van der Waals surface area contributed by atoms with Crippen LogP contribution in [0.15, 0.2) is 35.4 Å². The van der Waals surface area contributed by atoms with Crippen molar-refractivity contribution in [1.82, 2.24) is 19.4 Å². The summed E-state index contributed by atoms with van der Waals surface area (Å²) in [6, 6.07) is 5.57. The van der Waals surface area contributed by atoms with Gasteiger partial charge in [0.15, 0.2) is 0 Å². The second-order valence-corrected chi connectivity index (χ2v) is 9.44. The summed E-state index contributed by atoms with van der Waals surface area (Å²) in [5.74, 6) is -0.214. The van der Waals surface area contributed by atoms with Gasteiger partial charge >= 0.3 is 6.09 Å². The minimum atomic E-state index is -1.19. The molecular formula is C25H33FN6O4. The van der Waals surface area contributed by atoms with Crippen molar-refractivity contribution >= 4 is 23.8 Å². The summed E-state index contributed by atoms with van der Waals surface area (Å²) >= 11 is 0. The number of nitrogens with zero attached hydrogens (tertiary/aromatic N) is 4. The first-order chi connectivity index (χ1) is 17.4. The highest BCUT2D eigenvalue weighted by Gasteiger charge is 2.35. The molecule has 3 heterocycles. The second-order valence-electron chi connectivity index (χ2n) is 9.44. The van der Waals surface area contributed by atoms with Crippen LogP contribution in [0, 0.1) is 11.2 Å². The number of aromatic nitrogens is 2. The first-order valence-corrected chi connectivity index (χ1v) is 12.4. The molecule has 1 amide bonds. The third-order valence-corrected chi connectivity index (χ3v) is 6.78. The number of carbonyl (C=O) groups is 1. The van der Waals surface area contributed by atoms with Crippen molar-refractivity contribution in [3.8, 4) is 0 Å². The van der Waals surface area contributed by atoms with E-state index >= 15 is 0 Å². The Bertz CT molecular complexity index is 1110. The fourth-order valence-corrected chi connectivity index (χ4v) is 4.64. The zero-order valence-corrected chi connectivity index (χ0v) is 20.3. The van der Waals surface area contributed by atoms with Crippen LogP contribution in [-0.4, -0.2) is 81.7 Å². The molecule has 2 aromatic rings. The largest absolute Gasteiger partial charge is 0.449 e. The van der Waals surface area contributed by atoms with Crippen LogP contribution in [-0.2, 0) is 11.3 Å². The summed E-state index contributed by atoms with van der Waals surface area (Å²) in [6.45, 7) is 4.19. The van der Waals surface area contributed by atoms with Gasteiger partial charge in [-0.3, -0.25) is 9.36 Å². The molecule has 2 aliphatic rings. The number of nitrogens with one attached hydrogen (secondary N) is 2. The van der Waals surface area contributed by atoms with Crippen LogP contribution in [0.1, 0.15) is 37.7 Å². The lowest BCUT2D eigenvalue weighted by atomic mass is 9.91. The van der Waals surface area contributed by atoms with Crippen molar-refractivity contribution in [2.24, 2.45) is 0 Å². The first kappa shape index (κ1) is 25.8. The normalized spacial score (nSPS) is 17.7. The van der Waals surface area contributed by atoms with E-state index in [9.17, 15) is 19.1 Å². The molecule has 11 heteroatoms. The van der Waals surface area contributed by atoms with E-state index in [1.807, 2.05) is 0 Å². The van der Waals surface area contributed by atoms with Gasteiger partial charge in [-0.25, -0.2) is 14.2 Å². The number of amides is 1. The highest BCUT2D eigenvalue weighted by Crippen LogP contribution is 2.25. The molecule has 3 N–H and O–H groups in total. The summed E-state index contributed by atoms with van der Waals surface area (Å²) < 4.78 is 19.8. The number of piperidine rings is 1. The fourth-order valence-electron chi connectivity index (χ4n) is 4.64. The SMILES string of the molecule is N=Cc1c(Nc2ccc(F)cc2)ncn(CC2(O)CCN(C(=O)OCCCN3CCCC3)CC2)c1=O. The molecule has 1 aromatic heterocycles. The maximum absolute atomic E-state index is 13.2. The van der Waals surface area contributed by atoms with E-state index in [4.69, 9.17) is 10.1 Å². The third-order valence-electron chi connectivity index (χ3n) is 6.78. The van der Waals surface area contributed by atoms with Gasteiger partial charge in [0.2, 0.25) is 0 Å². The Hall–Kier alpha value is -3.31. The Kier molecular flexibility index (Phi) is 8.32. The molecule has 0 spiro atoms. The number of ether oxygens (including phenoxy) is 1. The summed E-state index contributed by atoms with van der Waals surface area (Å²) in [5.41, 5.74) is -1.11. The molecule has 194 valence electrons. The monoisotopic (exact) mass is 500 g/mol. The number of likely N-dealkylation sites (tertiary alicyclic amines) is 2. The predicted molar refractivity (Wildman–Crippen MR) is 133 cm³/mol. The van der Waals surface area contributed by atoms with E-state index in [-0.39, 0.29) is 42.7 Å². The van der Waals surface area contributed by atoms with E-state index in [2.05, 4.69) is 15.2 Å². The van der Waals surface area contributed by atoms with Crippen molar-refractivity contribution in [3.63, 3.8) is 0 Å². The van der Waals surface area contributed by atoms with Crippen LogP contribution in [0.5, 0.6) is 0 Å². The molecule has 1 aromatic carbocycles. The number of benzene rings is 1. The van der Waals surface area contributed by atoms with Gasteiger partial charge in [-0.1, -0.05) is 0 Å². The molecule has 10 nitrogen and oxygen atoms in total. The van der Waals surface area contributed by atoms with Crippen LogP contribution < -0.4 is 10.9 Å². The van der Waals surface area contributed by atoms with Crippen molar-refractivity contribution in [2.75, 3.05) is 44.6 Å². The average molecular weight is 501 g/mol. The van der Waals surface area contributed by atoms with Gasteiger partial charge in [0.25, 0.3) is 5.56 Å². The molecule has 0 radical (unpaired) electrons. The lowest BCUT2D eigenvalue weighted by Gasteiger charge is -2.37. The lowest BCUT2D eigenvalue weighted by Crippen LogP contribution is -2.50. The maximum atomic E-state index is 13.2. The summed E-state index contributed by atoms with van der Waals surface area (Å²) in [7, 11) is 0. The van der Waals surface area contributed by atoms with Crippen LogP contribution in [0.4, 0.5) is 20.7 Å². The summed E-state index contributed by atoms with van der Waals surface area (Å²) in [5, 5.41) is 21.7. The van der Waals surface area contributed by atoms with Crippen LogP contribution in [0.25, 0.3) is 0 Å². The zero-order valence-electron chi connectivity index (χ0n) is 20.3. The van der Waals surface area contributed by atoms with E-state index < -0.39 is 11.2 Å². The molecule has 0 atom stereocenters. The van der Waals surface area contributed by atoms with E-state index in [1.165, 1.54) is 48.0 Å². The minimum Gasteiger partial charge on any atom is -0.449 e. The summed E-state index contributed by atoms with van der Waals surface area (Å²) in [6.07, 6.45) is 5.71. The molecule has 2 fully saturated rings. The lowest BCUT2D eigenvalue weighted by molar-refractivity contribution is -0.0335. The summed E-state index contributed by atoms with van der Waals surface area (Å²) in [4.78, 5) is 33.6. The number of carbonyl (C=O) groups excluding carboxylic acids is 1. The molecule has 0 bridgehead atoms. The number of halogens is 1. The first-order valence-electron chi connectivity index (χ1n) is 12.4. The molecular weight excluding hydrogens is 467 g/mol. The Morgan fingerprint density at radius 2 is 1.89 bits per heavy atom. The number of hydrogen-bond acceptors (Lipinski definition) is 8. The van der Waals surface area contributed by atoms with Gasteiger partial charge in [-0.2, -0.15) is 0 Å². The number of anilines is 2. The van der Waals surface area contributed by atoms with Crippen molar-refractivity contribution in [3.05, 3.63) is 52.3 Å². The Balaban J connectivity index is 1.30. The average Bonchev–Trinajstić information content (AvgIpc) is 3.39. The van der Waals surface area contributed by atoms with E-state index in [0.717, 1.165) is 32.3 Å². The van der Waals surface area contributed by atoms with Crippen molar-refractivity contribution < 1.29 is 19.0 Å². The molecule has 2 aliphatic heterocycles. The maximum Gasteiger partial charge on any atom is 0.409 e. The predicted octanol–water partition coefficient (Wildman–Crippen LogP) is 2.57. The van der Waals surface area contributed by atoms with Crippen molar-refractivity contribution in [1.29, 1.82) is 5.41 Å². The Morgan fingerprint density at radius 1 is 1.19 bits per heavy atom. The van der Waals surface area contributed by atoms with Gasteiger partial charge in [0, 0.05) is 31.5 Å².